The molecule has 4 aromatic rings. The number of carboxylic acid groups (broad SMARTS) is 1. The molecule has 4 N–H and O–H groups in total. The van der Waals surface area contributed by atoms with E-state index in [1.165, 1.54) is 21.1 Å². The molecule has 0 saturated carbocycles. The molecule has 15 nitrogen and oxygen atoms in total. The summed E-state index contributed by atoms with van der Waals surface area (Å²) in [6.45, 7) is 3.06. The molecule has 0 fully saturated rings. The fourth-order valence-electron chi connectivity index (χ4n) is 4.10. The number of nitrogens with one attached hydrogen (secondary N) is 1. The van der Waals surface area contributed by atoms with E-state index < -0.39 is 48.0 Å². The van der Waals surface area contributed by atoms with Crippen molar-refractivity contribution in [1.29, 1.82) is 0 Å². The standard InChI is InChI=1S/C20H18N4O3.C15H10O2.C5H10N4O2.ClH/c1-14(23-24-21)18(20(26)27-2)22-19(25)17-12-10-16(11-13-17)9-8-15-6-4-3-5-7-15;16-15(17)14-10-8-13(9-11-14)7-6-12-4-2-1-3-5-12;1-3(8-9-7)4(6)5(10)11-2;/h3-7,10-14,18H,1-2H3,(H,22,25);1-5,8-11H,(H,16,17);3-4H,6H2,1-2H3;1H/t14-,18+;;3-,4+;/m1.1./s1. The number of esters is 2. The number of methoxy groups -OCH3 is 2. The monoisotopic (exact) mass is 778 g/mol. The molecular formula is C40H39ClN8O7. The average molecular weight is 779 g/mol. The van der Waals surface area contributed by atoms with Crippen molar-refractivity contribution in [1.82, 2.24) is 5.32 Å². The number of carboxylic acids is 1. The molecule has 4 rings (SSSR count). The van der Waals surface area contributed by atoms with Crippen LogP contribution in [0.2, 0.25) is 0 Å². The van der Waals surface area contributed by atoms with Crippen LogP contribution in [0.1, 0.15) is 56.8 Å². The van der Waals surface area contributed by atoms with Crippen molar-refractivity contribution in [3.63, 3.8) is 0 Å². The number of rotatable bonds is 9. The first-order valence-electron chi connectivity index (χ1n) is 16.3. The normalized spacial score (nSPS) is 11.3. The van der Waals surface area contributed by atoms with Gasteiger partial charge in [-0.1, -0.05) is 84.2 Å². The topological polar surface area (TPSA) is 243 Å². The number of hydrogen-bond acceptors (Lipinski definition) is 9. The van der Waals surface area contributed by atoms with Gasteiger partial charge in [0, 0.05) is 37.6 Å². The number of carbonyl (C=O) groups excluding carboxylic acids is 3. The predicted molar refractivity (Wildman–Crippen MR) is 212 cm³/mol. The first-order valence-corrected chi connectivity index (χ1v) is 16.3. The van der Waals surface area contributed by atoms with Crippen molar-refractivity contribution in [2.24, 2.45) is 16.0 Å². The van der Waals surface area contributed by atoms with E-state index in [0.717, 1.165) is 22.3 Å². The Balaban J connectivity index is 0.000000462. The summed E-state index contributed by atoms with van der Waals surface area (Å²) < 4.78 is 8.99. The Morgan fingerprint density at radius 3 is 1.39 bits per heavy atom. The van der Waals surface area contributed by atoms with Crippen LogP contribution in [-0.4, -0.2) is 67.3 Å². The van der Waals surface area contributed by atoms with E-state index >= 15 is 0 Å². The fraction of sp³-hybridized carbons (Fsp3) is 0.200. The van der Waals surface area contributed by atoms with Gasteiger partial charge in [-0.15, -0.1) is 12.4 Å². The number of aromatic carboxylic acids is 1. The summed E-state index contributed by atoms with van der Waals surface area (Å²) in [5.41, 5.74) is 25.9. The van der Waals surface area contributed by atoms with Crippen molar-refractivity contribution >= 4 is 36.2 Å². The number of benzene rings is 4. The van der Waals surface area contributed by atoms with Crippen LogP contribution < -0.4 is 11.1 Å². The van der Waals surface area contributed by atoms with Gasteiger partial charge in [-0.05, 0) is 83.9 Å². The molecule has 0 aromatic heterocycles. The maximum Gasteiger partial charge on any atom is 0.335 e. The minimum absolute atomic E-state index is 0. The Labute approximate surface area is 329 Å². The highest BCUT2D eigenvalue weighted by molar-refractivity contribution is 5.97. The second-order valence-corrected chi connectivity index (χ2v) is 11.1. The molecule has 0 spiro atoms. The largest absolute Gasteiger partial charge is 0.478 e. The van der Waals surface area contributed by atoms with Crippen molar-refractivity contribution in [2.45, 2.75) is 38.0 Å². The third-order valence-electron chi connectivity index (χ3n) is 7.21. The van der Waals surface area contributed by atoms with Crippen LogP contribution >= 0.6 is 12.4 Å². The minimum atomic E-state index is -1.07. The van der Waals surface area contributed by atoms with Crippen LogP contribution in [-0.2, 0) is 19.1 Å². The Morgan fingerprint density at radius 1 is 0.643 bits per heavy atom. The number of ether oxygens (including phenoxy) is 2. The van der Waals surface area contributed by atoms with Crippen molar-refractivity contribution in [3.05, 3.63) is 163 Å². The quantitative estimate of drug-likeness (QED) is 0.0559. The predicted octanol–water partition coefficient (Wildman–Crippen LogP) is 6.45. The maximum absolute atomic E-state index is 12.4. The highest BCUT2D eigenvalue weighted by atomic mass is 35.5. The molecule has 0 aliphatic heterocycles. The van der Waals surface area contributed by atoms with Gasteiger partial charge in [0.25, 0.3) is 5.91 Å². The molecule has 0 saturated heterocycles. The van der Waals surface area contributed by atoms with Crippen LogP contribution in [0.3, 0.4) is 0 Å². The van der Waals surface area contributed by atoms with Crippen LogP contribution in [0.15, 0.2) is 119 Å². The molecule has 0 aliphatic rings. The number of nitrogens with two attached hydrogens (primary N) is 1. The lowest BCUT2D eigenvalue weighted by Crippen LogP contribution is -2.47. The van der Waals surface area contributed by atoms with Crippen LogP contribution in [0, 0.1) is 23.7 Å². The Bertz CT molecular complexity index is 2120. The molecule has 56 heavy (non-hydrogen) atoms. The summed E-state index contributed by atoms with van der Waals surface area (Å²) in [5.74, 6) is 9.38. The highest BCUT2D eigenvalue weighted by Crippen LogP contribution is 2.08. The number of carbonyl (C=O) groups is 4. The van der Waals surface area contributed by atoms with E-state index in [2.05, 4.69) is 58.5 Å². The van der Waals surface area contributed by atoms with E-state index in [-0.39, 0.29) is 18.0 Å². The molecular weight excluding hydrogens is 740 g/mol. The van der Waals surface area contributed by atoms with E-state index in [9.17, 15) is 19.2 Å². The first kappa shape index (κ1) is 46.8. The van der Waals surface area contributed by atoms with Crippen LogP contribution in [0.5, 0.6) is 0 Å². The summed E-state index contributed by atoms with van der Waals surface area (Å²) in [6, 6.07) is 29.1. The molecule has 1 amide bonds. The van der Waals surface area contributed by atoms with Crippen molar-refractivity contribution in [2.75, 3.05) is 14.2 Å². The van der Waals surface area contributed by atoms with Gasteiger partial charge in [0.1, 0.15) is 12.1 Å². The zero-order valence-electron chi connectivity index (χ0n) is 30.8. The summed E-state index contributed by atoms with van der Waals surface area (Å²) >= 11 is 0. The van der Waals surface area contributed by atoms with E-state index in [0.29, 0.717) is 5.56 Å². The van der Waals surface area contributed by atoms with E-state index in [4.69, 9.17) is 21.9 Å². The van der Waals surface area contributed by atoms with Gasteiger partial charge in [-0.2, -0.15) is 0 Å². The van der Waals surface area contributed by atoms with Crippen LogP contribution in [0.25, 0.3) is 20.9 Å². The lowest BCUT2D eigenvalue weighted by molar-refractivity contribution is -0.143. The molecule has 0 bridgehead atoms. The Kier molecular flexibility index (Phi) is 21.4. The summed E-state index contributed by atoms with van der Waals surface area (Å²) in [4.78, 5) is 50.7. The highest BCUT2D eigenvalue weighted by Gasteiger charge is 2.27. The van der Waals surface area contributed by atoms with E-state index in [1.54, 1.807) is 55.5 Å². The summed E-state index contributed by atoms with van der Waals surface area (Å²) in [6.07, 6.45) is 0. The molecule has 288 valence electrons. The van der Waals surface area contributed by atoms with Gasteiger partial charge < -0.3 is 25.6 Å². The van der Waals surface area contributed by atoms with Gasteiger partial charge in [0.05, 0.1) is 31.9 Å². The van der Waals surface area contributed by atoms with Gasteiger partial charge in [-0.25, -0.2) is 9.59 Å². The van der Waals surface area contributed by atoms with Crippen molar-refractivity contribution in [3.8, 4) is 23.7 Å². The van der Waals surface area contributed by atoms with E-state index in [1.807, 2.05) is 60.7 Å². The number of hydrogen-bond donors (Lipinski definition) is 3. The van der Waals surface area contributed by atoms with Gasteiger partial charge >= 0.3 is 17.9 Å². The summed E-state index contributed by atoms with van der Waals surface area (Å²) in [7, 11) is 2.43. The average Bonchev–Trinajstić information content (AvgIpc) is 3.22. The number of halogens is 1. The van der Waals surface area contributed by atoms with Gasteiger partial charge in [0.2, 0.25) is 0 Å². The second kappa shape index (κ2) is 25.7. The van der Waals surface area contributed by atoms with Gasteiger partial charge in [0.15, 0.2) is 0 Å². The molecule has 4 aromatic carbocycles. The Morgan fingerprint density at radius 2 is 1.02 bits per heavy atom. The lowest BCUT2D eigenvalue weighted by atomic mass is 10.1. The molecule has 4 atom stereocenters. The molecule has 16 heteroatoms. The fourth-order valence-corrected chi connectivity index (χ4v) is 4.10. The van der Waals surface area contributed by atoms with Crippen LogP contribution in [0.4, 0.5) is 0 Å². The third-order valence-corrected chi connectivity index (χ3v) is 7.21. The second-order valence-electron chi connectivity index (χ2n) is 11.1. The smallest absolute Gasteiger partial charge is 0.335 e. The zero-order valence-corrected chi connectivity index (χ0v) is 31.6. The zero-order chi connectivity index (χ0) is 40.6. The van der Waals surface area contributed by atoms with Gasteiger partial charge in [-0.3, -0.25) is 9.59 Å². The molecule has 0 radical (unpaired) electrons. The molecule has 0 heterocycles. The Hall–Kier alpha value is -7.25. The minimum Gasteiger partial charge on any atom is -0.478 e. The third kappa shape index (κ3) is 16.6. The lowest BCUT2D eigenvalue weighted by Gasteiger charge is -2.19. The number of azide groups is 2. The maximum atomic E-state index is 12.4. The molecule has 0 aliphatic carbocycles. The summed E-state index contributed by atoms with van der Waals surface area (Å²) in [5, 5.41) is 18.0. The molecule has 0 unspecified atom stereocenters. The van der Waals surface area contributed by atoms with Crippen molar-refractivity contribution < 1.29 is 33.8 Å². The number of amides is 1. The first-order chi connectivity index (χ1) is 26.4. The number of nitrogens with zero attached hydrogens (tertiary/aromatic N) is 6. The SMILES string of the molecule is COC(=O)[C@@H](N)[C@@H](C)N=[N+]=[N-].COC(=O)[C@@H](NC(=O)c1ccc(C#Cc2ccccc2)cc1)[C@@H](C)N=[N+]=[N-].Cl.O=C(O)c1ccc(C#Cc2ccccc2)cc1.